The molecule has 0 aliphatic heterocycles. The van der Waals surface area contributed by atoms with Crippen molar-refractivity contribution in [3.8, 4) is 45.3 Å². The van der Waals surface area contributed by atoms with Gasteiger partial charge in [0.1, 0.15) is 11.6 Å². The highest BCUT2D eigenvalue weighted by Crippen LogP contribution is 2.45. The van der Waals surface area contributed by atoms with Crippen molar-refractivity contribution in [3.05, 3.63) is 249 Å². The smallest absolute Gasteiger partial charge is 0.140 e. The number of pyridine rings is 1. The standard InChI is InChI=1S/C65H41N5/c1-2-19-44(20-3-1)67-54-29-11-10-27-52(54)53-39-42(37-38-61(53)67)45-28-18-36-62(68-55-30-12-4-21-46(55)47-22-5-13-31-56(47)68)65(45)43-40-63(69-57-32-14-6-23-48(57)49-24-7-15-33-58(49)69)66-64(41-43)70-59-34-16-8-25-50(59)51-26-9-17-35-60(51)70/h1-41H. The van der Waals surface area contributed by atoms with Crippen LogP contribution in [0.2, 0.25) is 0 Å². The summed E-state index contributed by atoms with van der Waals surface area (Å²) in [6.07, 6.45) is 0. The molecule has 0 unspecified atom stereocenters. The van der Waals surface area contributed by atoms with Gasteiger partial charge in [0.05, 0.1) is 49.8 Å². The number of fused-ring (bicyclic) bond motifs is 12. The highest BCUT2D eigenvalue weighted by atomic mass is 15.1. The molecule has 5 heteroatoms. The molecule has 0 aliphatic carbocycles. The second-order valence-electron chi connectivity index (χ2n) is 18.3. The van der Waals surface area contributed by atoms with E-state index in [0.717, 1.165) is 78.4 Å². The Kier molecular flexibility index (Phi) is 8.29. The number of hydrogen-bond donors (Lipinski definition) is 0. The maximum absolute atomic E-state index is 5.76. The molecule has 0 fully saturated rings. The molecule has 70 heavy (non-hydrogen) atoms. The minimum Gasteiger partial charge on any atom is -0.309 e. The van der Waals surface area contributed by atoms with E-state index in [0.29, 0.717) is 0 Å². The topological polar surface area (TPSA) is 32.6 Å². The lowest BCUT2D eigenvalue weighted by atomic mass is 9.92. The normalized spacial score (nSPS) is 12.0. The van der Waals surface area contributed by atoms with Crippen molar-refractivity contribution >= 4 is 87.2 Å². The molecular weight excluding hydrogens is 851 g/mol. The molecular formula is C65H41N5. The second kappa shape index (κ2) is 15.0. The zero-order valence-electron chi connectivity index (χ0n) is 37.9. The number of aromatic nitrogens is 5. The van der Waals surface area contributed by atoms with Crippen LogP contribution in [0.25, 0.3) is 132 Å². The fourth-order valence-corrected chi connectivity index (χ4v) is 11.7. The van der Waals surface area contributed by atoms with Gasteiger partial charge in [0.25, 0.3) is 0 Å². The van der Waals surface area contributed by atoms with E-state index in [1.54, 1.807) is 0 Å². The summed E-state index contributed by atoms with van der Waals surface area (Å²) >= 11 is 0. The number of benzene rings is 10. The van der Waals surface area contributed by atoms with Gasteiger partial charge >= 0.3 is 0 Å². The highest BCUT2D eigenvalue weighted by molar-refractivity contribution is 6.14. The predicted molar refractivity (Wildman–Crippen MR) is 292 cm³/mol. The van der Waals surface area contributed by atoms with Gasteiger partial charge < -0.3 is 9.13 Å². The Balaban J connectivity index is 1.10. The Morgan fingerprint density at radius 1 is 0.243 bits per heavy atom. The van der Waals surface area contributed by atoms with Crippen LogP contribution in [0, 0.1) is 0 Å². The molecule has 0 bridgehead atoms. The monoisotopic (exact) mass is 891 g/mol. The van der Waals surface area contributed by atoms with Crippen LogP contribution in [0.1, 0.15) is 0 Å². The average Bonchev–Trinajstić information content (AvgIpc) is 4.16. The van der Waals surface area contributed by atoms with Gasteiger partial charge in [0, 0.05) is 54.3 Å². The summed E-state index contributed by atoms with van der Waals surface area (Å²) in [6, 6.07) is 90.6. The third kappa shape index (κ3) is 5.57. The molecule has 0 spiro atoms. The van der Waals surface area contributed by atoms with E-state index in [1.165, 1.54) is 54.1 Å². The molecule has 0 aliphatic rings. The summed E-state index contributed by atoms with van der Waals surface area (Å²) in [7, 11) is 0. The third-order valence-corrected chi connectivity index (χ3v) is 14.6. The van der Waals surface area contributed by atoms with Crippen molar-refractivity contribution in [2.45, 2.75) is 0 Å². The van der Waals surface area contributed by atoms with Gasteiger partial charge in [-0.3, -0.25) is 9.13 Å². The molecule has 0 radical (unpaired) electrons. The van der Waals surface area contributed by atoms with Crippen molar-refractivity contribution < 1.29 is 0 Å². The van der Waals surface area contributed by atoms with Crippen LogP contribution >= 0.6 is 0 Å². The van der Waals surface area contributed by atoms with Crippen molar-refractivity contribution in [1.82, 2.24) is 23.3 Å². The molecule has 5 aromatic heterocycles. The van der Waals surface area contributed by atoms with Gasteiger partial charge in [-0.05, 0) is 102 Å². The minimum atomic E-state index is 0.844. The quantitative estimate of drug-likeness (QED) is 0.164. The van der Waals surface area contributed by atoms with Crippen LogP contribution in [0.3, 0.4) is 0 Å². The largest absolute Gasteiger partial charge is 0.309 e. The number of hydrogen-bond acceptors (Lipinski definition) is 1. The van der Waals surface area contributed by atoms with Gasteiger partial charge in [-0.25, -0.2) is 4.98 Å². The van der Waals surface area contributed by atoms with Crippen LogP contribution in [-0.2, 0) is 0 Å². The lowest BCUT2D eigenvalue weighted by molar-refractivity contribution is 1.01. The molecule has 0 amide bonds. The van der Waals surface area contributed by atoms with Crippen molar-refractivity contribution in [3.63, 3.8) is 0 Å². The Labute approximate surface area is 402 Å². The van der Waals surface area contributed by atoms with Crippen LogP contribution in [-0.4, -0.2) is 23.3 Å². The van der Waals surface area contributed by atoms with Crippen LogP contribution in [0.5, 0.6) is 0 Å². The van der Waals surface area contributed by atoms with Gasteiger partial charge in [0.15, 0.2) is 0 Å². The fourth-order valence-electron chi connectivity index (χ4n) is 11.7. The molecule has 10 aromatic carbocycles. The van der Waals surface area contributed by atoms with Crippen molar-refractivity contribution in [1.29, 1.82) is 0 Å². The first-order valence-corrected chi connectivity index (χ1v) is 24.0. The van der Waals surface area contributed by atoms with E-state index >= 15 is 0 Å². The first-order chi connectivity index (χ1) is 34.8. The first-order valence-electron chi connectivity index (χ1n) is 24.0. The maximum atomic E-state index is 5.76. The van der Waals surface area contributed by atoms with Crippen LogP contribution in [0.15, 0.2) is 249 Å². The molecule has 5 heterocycles. The highest BCUT2D eigenvalue weighted by Gasteiger charge is 2.24. The summed E-state index contributed by atoms with van der Waals surface area (Å²) in [5.41, 5.74) is 15.8. The van der Waals surface area contributed by atoms with Gasteiger partial charge in [-0.2, -0.15) is 0 Å². The molecule has 0 N–H and O–H groups in total. The SMILES string of the molecule is c1ccc(-n2c3ccccc3c3cc(-c4cccc(-n5c6ccccc6c6ccccc65)c4-c4cc(-n5c6ccccc6c6ccccc65)nc(-n5c6ccccc6c6ccccc65)c4)ccc32)cc1. The predicted octanol–water partition coefficient (Wildman–Crippen LogP) is 16.8. The third-order valence-electron chi connectivity index (χ3n) is 14.6. The van der Waals surface area contributed by atoms with E-state index in [2.05, 4.69) is 267 Å². The zero-order valence-corrected chi connectivity index (χ0v) is 37.9. The Morgan fingerprint density at radius 2 is 0.614 bits per heavy atom. The van der Waals surface area contributed by atoms with Crippen molar-refractivity contribution in [2.24, 2.45) is 0 Å². The van der Waals surface area contributed by atoms with E-state index in [-0.39, 0.29) is 0 Å². The summed E-state index contributed by atoms with van der Waals surface area (Å²) in [5, 5.41) is 9.63. The maximum Gasteiger partial charge on any atom is 0.140 e. The van der Waals surface area contributed by atoms with Gasteiger partial charge in [0.2, 0.25) is 0 Å². The molecule has 5 nitrogen and oxygen atoms in total. The molecule has 0 saturated heterocycles. The first kappa shape index (κ1) is 38.6. The van der Waals surface area contributed by atoms with E-state index < -0.39 is 0 Å². The summed E-state index contributed by atoms with van der Waals surface area (Å²) < 4.78 is 9.59. The number of nitrogens with zero attached hydrogens (tertiary/aromatic N) is 5. The van der Waals surface area contributed by atoms with E-state index in [4.69, 9.17) is 4.98 Å². The Hall–Kier alpha value is -9.45. The molecule has 0 saturated carbocycles. The lowest BCUT2D eigenvalue weighted by Gasteiger charge is -2.21. The zero-order chi connectivity index (χ0) is 45.9. The van der Waals surface area contributed by atoms with Gasteiger partial charge in [-0.15, -0.1) is 0 Å². The Bertz CT molecular complexity index is 4310. The van der Waals surface area contributed by atoms with E-state index in [9.17, 15) is 0 Å². The minimum absolute atomic E-state index is 0.844. The summed E-state index contributed by atoms with van der Waals surface area (Å²) in [5.74, 6) is 1.69. The van der Waals surface area contributed by atoms with Gasteiger partial charge in [-0.1, -0.05) is 164 Å². The van der Waals surface area contributed by atoms with Crippen LogP contribution in [0.4, 0.5) is 0 Å². The average molecular weight is 892 g/mol. The molecule has 326 valence electrons. The Morgan fingerprint density at radius 3 is 1.07 bits per heavy atom. The summed E-state index contributed by atoms with van der Waals surface area (Å²) in [4.78, 5) is 5.76. The lowest BCUT2D eigenvalue weighted by Crippen LogP contribution is -2.06. The molecule has 0 atom stereocenters. The fraction of sp³-hybridized carbons (Fsp3) is 0. The van der Waals surface area contributed by atoms with Crippen LogP contribution < -0.4 is 0 Å². The molecule has 15 rings (SSSR count). The summed E-state index contributed by atoms with van der Waals surface area (Å²) in [6.45, 7) is 0. The van der Waals surface area contributed by atoms with Crippen molar-refractivity contribution in [2.75, 3.05) is 0 Å². The number of rotatable bonds is 6. The second-order valence-corrected chi connectivity index (χ2v) is 18.3. The number of para-hydroxylation sites is 8. The molecule has 15 aromatic rings. The van der Waals surface area contributed by atoms with E-state index in [1.807, 2.05) is 0 Å².